The second kappa shape index (κ2) is 9.42. The molecule has 34 heavy (non-hydrogen) atoms. The van der Waals surface area contributed by atoms with Gasteiger partial charge in [0.1, 0.15) is 0 Å². The quantitative estimate of drug-likeness (QED) is 0.599. The summed E-state index contributed by atoms with van der Waals surface area (Å²) in [5.41, 5.74) is 1.88. The van der Waals surface area contributed by atoms with Crippen LogP contribution in [0.4, 0.5) is 5.95 Å². The highest BCUT2D eigenvalue weighted by Gasteiger charge is 2.22. The minimum absolute atomic E-state index is 0.107. The number of hydrogen-bond acceptors (Lipinski definition) is 8. The highest BCUT2D eigenvalue weighted by atomic mass is 32.1. The van der Waals surface area contributed by atoms with Crippen molar-refractivity contribution < 1.29 is 9.53 Å². The number of morpholine rings is 1. The van der Waals surface area contributed by atoms with Gasteiger partial charge in [-0.15, -0.1) is 11.3 Å². The lowest BCUT2D eigenvalue weighted by Crippen LogP contribution is -2.46. The van der Waals surface area contributed by atoms with E-state index in [9.17, 15) is 4.79 Å². The summed E-state index contributed by atoms with van der Waals surface area (Å²) in [5.74, 6) is 0.678. The molecule has 1 unspecified atom stereocenters. The third-order valence-electron chi connectivity index (χ3n) is 6.71. The topological polar surface area (TPSA) is 82.6 Å². The van der Waals surface area contributed by atoms with Gasteiger partial charge in [-0.05, 0) is 30.7 Å². The van der Waals surface area contributed by atoms with Crippen LogP contribution >= 0.6 is 11.3 Å². The van der Waals surface area contributed by atoms with E-state index in [0.29, 0.717) is 12.0 Å². The number of rotatable bonds is 4. The summed E-state index contributed by atoms with van der Waals surface area (Å²) in [7, 11) is 0. The number of hydrogen-bond donors (Lipinski definition) is 2. The van der Waals surface area contributed by atoms with Crippen LogP contribution < -0.4 is 10.6 Å². The molecule has 8 nitrogen and oxygen atoms in total. The largest absolute Gasteiger partial charge is 0.379 e. The Morgan fingerprint density at radius 3 is 2.82 bits per heavy atom. The summed E-state index contributed by atoms with van der Waals surface area (Å²) in [4.78, 5) is 27.5. The number of fused-ring (bicyclic) bond motifs is 3. The molecular formula is C25H28N6O2S. The highest BCUT2D eigenvalue weighted by Crippen LogP contribution is 2.32. The maximum Gasteiger partial charge on any atom is 0.264 e. The lowest BCUT2D eigenvalue weighted by Gasteiger charge is -2.33. The number of anilines is 1. The zero-order valence-corrected chi connectivity index (χ0v) is 19.8. The van der Waals surface area contributed by atoms with E-state index < -0.39 is 0 Å². The first kappa shape index (κ1) is 21.7. The van der Waals surface area contributed by atoms with Crippen molar-refractivity contribution in [2.24, 2.45) is 0 Å². The minimum Gasteiger partial charge on any atom is -0.379 e. The minimum atomic E-state index is 0.107. The molecule has 6 rings (SSSR count). The number of nitrogens with one attached hydrogen (secondary N) is 2. The normalized spacial score (nSPS) is 21.7. The van der Waals surface area contributed by atoms with Gasteiger partial charge in [-0.25, -0.2) is 9.97 Å². The molecule has 2 N–H and O–H groups in total. The third kappa shape index (κ3) is 4.32. The summed E-state index contributed by atoms with van der Waals surface area (Å²) in [6.07, 6.45) is 9.39. The molecule has 3 aromatic rings. The van der Waals surface area contributed by atoms with Crippen LogP contribution in [0.25, 0.3) is 21.0 Å². The summed E-state index contributed by atoms with van der Waals surface area (Å²) in [5, 5.41) is 8.65. The number of ether oxygens (including phenoxy) is 1. The van der Waals surface area contributed by atoms with Crippen LogP contribution in [0.3, 0.4) is 0 Å². The molecule has 1 aromatic carbocycles. The molecule has 2 fully saturated rings. The molecule has 3 aliphatic rings. The summed E-state index contributed by atoms with van der Waals surface area (Å²) >= 11 is 1.54. The molecule has 9 heteroatoms. The fourth-order valence-corrected chi connectivity index (χ4v) is 5.84. The number of aromatic nitrogens is 2. The average molecular weight is 477 g/mol. The maximum absolute atomic E-state index is 13.0. The Labute approximate surface area is 202 Å². The van der Waals surface area contributed by atoms with Crippen LogP contribution in [0.15, 0.2) is 48.3 Å². The fraction of sp³-hybridized carbons (Fsp3) is 0.400. The van der Waals surface area contributed by atoms with E-state index in [1.54, 1.807) is 11.3 Å². The Hall–Kier alpha value is -2.85. The van der Waals surface area contributed by atoms with Gasteiger partial charge in [-0.1, -0.05) is 12.2 Å². The van der Waals surface area contributed by atoms with Gasteiger partial charge in [0.05, 0.1) is 23.6 Å². The van der Waals surface area contributed by atoms with E-state index in [1.165, 1.54) is 0 Å². The highest BCUT2D eigenvalue weighted by molar-refractivity contribution is 7.21. The fourth-order valence-electron chi connectivity index (χ4n) is 4.81. The number of allylic oxidation sites excluding steroid dienone is 1. The molecule has 0 bridgehead atoms. The second-order valence-corrected chi connectivity index (χ2v) is 9.94. The standard InChI is InChI=1S/C25H28N6O2S/c32-24(31-9-7-26-8-10-31)22-15-20-21(34-22)6-1-17-16-27-25(29-23(17)20)28-18-2-4-19(5-3-18)30-11-13-33-14-12-30/h1-4,6,15-16,19,26H,5,7-14H2,(H,27,28,29). The van der Waals surface area contributed by atoms with Gasteiger partial charge in [0.2, 0.25) is 5.95 Å². The Morgan fingerprint density at radius 2 is 2.03 bits per heavy atom. The van der Waals surface area contributed by atoms with E-state index in [-0.39, 0.29) is 5.91 Å². The SMILES string of the molecule is O=C(c1cc2c(ccc3cnc(NC4=CCC(N5CCOCC5)C=C4)nc32)s1)N1CCNCC1. The number of piperazine rings is 1. The first-order valence-electron chi connectivity index (χ1n) is 11.9. The zero-order valence-electron chi connectivity index (χ0n) is 19.0. The lowest BCUT2D eigenvalue weighted by molar-refractivity contribution is 0.0259. The van der Waals surface area contributed by atoms with E-state index in [0.717, 1.165) is 90.5 Å². The van der Waals surface area contributed by atoms with Crippen LogP contribution in [-0.4, -0.2) is 84.2 Å². The van der Waals surface area contributed by atoms with Crippen molar-refractivity contribution in [3.63, 3.8) is 0 Å². The Bertz CT molecular complexity index is 1270. The van der Waals surface area contributed by atoms with Crippen LogP contribution in [0.1, 0.15) is 16.1 Å². The predicted octanol–water partition coefficient (Wildman–Crippen LogP) is 2.85. The van der Waals surface area contributed by atoms with Crippen LogP contribution in [0.5, 0.6) is 0 Å². The van der Waals surface area contributed by atoms with Gasteiger partial charge in [0.15, 0.2) is 0 Å². The number of nitrogens with zero attached hydrogens (tertiary/aromatic N) is 4. The molecule has 0 spiro atoms. The molecule has 1 amide bonds. The average Bonchev–Trinajstić information content (AvgIpc) is 3.35. The predicted molar refractivity (Wildman–Crippen MR) is 135 cm³/mol. The number of benzene rings is 1. The van der Waals surface area contributed by atoms with E-state index in [2.05, 4.69) is 44.8 Å². The van der Waals surface area contributed by atoms with Gasteiger partial charge in [-0.3, -0.25) is 9.69 Å². The van der Waals surface area contributed by atoms with Gasteiger partial charge in [0, 0.05) is 72.7 Å². The number of amides is 1. The summed E-state index contributed by atoms with van der Waals surface area (Å²) in [6, 6.07) is 6.51. The second-order valence-electron chi connectivity index (χ2n) is 8.86. The maximum atomic E-state index is 13.0. The monoisotopic (exact) mass is 476 g/mol. The smallest absolute Gasteiger partial charge is 0.264 e. The first-order valence-corrected chi connectivity index (χ1v) is 12.7. The summed E-state index contributed by atoms with van der Waals surface area (Å²) in [6.45, 7) is 6.77. The first-order chi connectivity index (χ1) is 16.7. The molecular weight excluding hydrogens is 448 g/mol. The van der Waals surface area contributed by atoms with E-state index in [4.69, 9.17) is 9.72 Å². The molecule has 0 radical (unpaired) electrons. The summed E-state index contributed by atoms with van der Waals surface area (Å²) < 4.78 is 6.54. The molecule has 1 aliphatic carbocycles. The zero-order chi connectivity index (χ0) is 22.9. The van der Waals surface area contributed by atoms with Crippen molar-refractivity contribution in [3.05, 3.63) is 53.2 Å². The van der Waals surface area contributed by atoms with Crippen molar-refractivity contribution in [1.82, 2.24) is 25.1 Å². The molecule has 176 valence electrons. The van der Waals surface area contributed by atoms with Crippen molar-refractivity contribution >= 4 is 44.2 Å². The van der Waals surface area contributed by atoms with Crippen molar-refractivity contribution in [3.8, 4) is 0 Å². The molecule has 2 aromatic heterocycles. The van der Waals surface area contributed by atoms with Crippen molar-refractivity contribution in [1.29, 1.82) is 0 Å². The third-order valence-corrected chi connectivity index (χ3v) is 7.80. The van der Waals surface area contributed by atoms with E-state index in [1.807, 2.05) is 23.2 Å². The van der Waals surface area contributed by atoms with E-state index >= 15 is 0 Å². The number of carbonyl (C=O) groups is 1. The lowest BCUT2D eigenvalue weighted by atomic mass is 10.0. The Morgan fingerprint density at radius 1 is 1.18 bits per heavy atom. The number of thiophene rings is 1. The van der Waals surface area contributed by atoms with Crippen LogP contribution in [0.2, 0.25) is 0 Å². The van der Waals surface area contributed by atoms with Crippen LogP contribution in [0, 0.1) is 0 Å². The molecule has 4 heterocycles. The Kier molecular flexibility index (Phi) is 6.00. The van der Waals surface area contributed by atoms with Crippen LogP contribution in [-0.2, 0) is 4.74 Å². The van der Waals surface area contributed by atoms with Gasteiger partial charge in [0.25, 0.3) is 5.91 Å². The molecule has 2 aliphatic heterocycles. The molecule has 0 saturated carbocycles. The van der Waals surface area contributed by atoms with Gasteiger partial charge >= 0.3 is 0 Å². The molecule has 1 atom stereocenters. The van der Waals surface area contributed by atoms with Gasteiger partial charge in [-0.2, -0.15) is 0 Å². The van der Waals surface area contributed by atoms with Gasteiger partial charge < -0.3 is 20.3 Å². The molecule has 2 saturated heterocycles. The van der Waals surface area contributed by atoms with Crippen molar-refractivity contribution in [2.75, 3.05) is 57.8 Å². The number of carbonyl (C=O) groups excluding carboxylic acids is 1. The van der Waals surface area contributed by atoms with Crippen molar-refractivity contribution in [2.45, 2.75) is 12.5 Å². The Balaban J connectivity index is 1.22.